The molecule has 1 saturated heterocycles. The van der Waals surface area contributed by atoms with E-state index in [2.05, 4.69) is 12.1 Å². The average molecular weight is 601 g/mol. The summed E-state index contributed by atoms with van der Waals surface area (Å²) >= 11 is 0. The second kappa shape index (κ2) is 16.4. The summed E-state index contributed by atoms with van der Waals surface area (Å²) in [4.78, 5) is 26.8. The summed E-state index contributed by atoms with van der Waals surface area (Å²) < 4.78 is 12.1. The number of ether oxygens (including phenoxy) is 2. The van der Waals surface area contributed by atoms with Crippen molar-refractivity contribution in [2.24, 2.45) is 28.8 Å². The van der Waals surface area contributed by atoms with Gasteiger partial charge in [0.2, 0.25) is 0 Å². The van der Waals surface area contributed by atoms with Gasteiger partial charge < -0.3 is 29.7 Å². The van der Waals surface area contributed by atoms with Gasteiger partial charge in [0.05, 0.1) is 29.5 Å². The molecule has 1 aliphatic rings. The van der Waals surface area contributed by atoms with Gasteiger partial charge in [-0.2, -0.15) is 4.91 Å². The van der Waals surface area contributed by atoms with Gasteiger partial charge in [-0.05, 0) is 84.6 Å². The van der Waals surface area contributed by atoms with Gasteiger partial charge >= 0.3 is 0 Å². The lowest BCUT2D eigenvalue weighted by Crippen LogP contribution is -2.58. The van der Waals surface area contributed by atoms with Crippen LogP contribution in [0.1, 0.15) is 114 Å². The maximum atomic E-state index is 13.1. The number of hydrogen-bond acceptors (Lipinski definition) is 9. The van der Waals surface area contributed by atoms with E-state index in [1.54, 1.807) is 14.0 Å². The van der Waals surface area contributed by atoms with E-state index < -0.39 is 35.1 Å². The first kappa shape index (κ1) is 39.1. The summed E-state index contributed by atoms with van der Waals surface area (Å²) in [5.74, 6) is -0.162. The first-order valence-corrected chi connectivity index (χ1v) is 16.2. The Balaban J connectivity index is 3.06. The molecule has 42 heavy (non-hydrogen) atoms. The number of carbonyl (C=O) groups excluding carboxylic acids is 1. The fourth-order valence-electron chi connectivity index (χ4n) is 6.80. The van der Waals surface area contributed by atoms with Crippen molar-refractivity contribution in [3.8, 4) is 0 Å². The van der Waals surface area contributed by atoms with E-state index in [0.717, 1.165) is 6.42 Å². The van der Waals surface area contributed by atoms with Crippen molar-refractivity contribution in [3.63, 3.8) is 0 Å². The zero-order valence-electron chi connectivity index (χ0n) is 28.7. The standard InChI is InChI=1S/C33H64N2O7/c1-13-15-27(36)23(6)26(28-19-31(9,41-12)30(38)25(8)42-28)16-17-33(39,14-2)18-22(5)20-35(11)24(7)29(37)32(10,34-40)21(3)4/h21-26,28-30,37-39H,13-20H2,1-12H3. The first-order valence-electron chi connectivity index (χ1n) is 16.2. The van der Waals surface area contributed by atoms with Crippen LogP contribution in [0, 0.1) is 28.6 Å². The molecule has 0 amide bonds. The fraction of sp³-hybridized carbons (Fsp3) is 0.970. The van der Waals surface area contributed by atoms with Crippen molar-refractivity contribution >= 4 is 5.78 Å². The van der Waals surface area contributed by atoms with Gasteiger partial charge in [0.15, 0.2) is 0 Å². The van der Waals surface area contributed by atoms with Crippen LogP contribution in [0.15, 0.2) is 5.18 Å². The van der Waals surface area contributed by atoms with Crippen LogP contribution in [-0.4, -0.2) is 93.9 Å². The summed E-state index contributed by atoms with van der Waals surface area (Å²) in [6, 6.07) is -0.294. The molecule has 0 aromatic carbocycles. The van der Waals surface area contributed by atoms with Gasteiger partial charge in [0.25, 0.3) is 0 Å². The van der Waals surface area contributed by atoms with Crippen LogP contribution >= 0.6 is 0 Å². The minimum absolute atomic E-state index is 0.107. The molecular formula is C33H64N2O7. The Morgan fingerprint density at radius 1 is 1.21 bits per heavy atom. The molecule has 9 nitrogen and oxygen atoms in total. The zero-order chi connectivity index (χ0) is 32.6. The summed E-state index contributed by atoms with van der Waals surface area (Å²) in [6.45, 7) is 19.8. The number of nitroso groups, excluding NO2 is 1. The normalized spacial score (nSPS) is 29.8. The highest BCUT2D eigenvalue weighted by Crippen LogP contribution is 2.40. The van der Waals surface area contributed by atoms with E-state index in [1.807, 2.05) is 67.3 Å². The highest BCUT2D eigenvalue weighted by molar-refractivity contribution is 5.80. The van der Waals surface area contributed by atoms with Gasteiger partial charge in [-0.15, -0.1) is 0 Å². The van der Waals surface area contributed by atoms with Crippen molar-refractivity contribution in [1.29, 1.82) is 0 Å². The molecule has 0 bridgehead atoms. The second-order valence-corrected chi connectivity index (χ2v) is 14.2. The number of likely N-dealkylation sites (N-methyl/N-ethyl adjacent to an activating group) is 1. The SMILES string of the molecule is CCCC(=O)C(C)C(CCC(O)(CC)CC(C)CN(C)C(C)C(O)C(C)(N=O)C(C)C)C1CC(C)(OC)C(O)C(C)O1. The average Bonchev–Trinajstić information content (AvgIpc) is 2.94. The lowest BCUT2D eigenvalue weighted by molar-refractivity contribution is -0.228. The Kier molecular flexibility index (Phi) is 15.2. The summed E-state index contributed by atoms with van der Waals surface area (Å²) in [5.41, 5.74) is -2.80. The van der Waals surface area contributed by atoms with Crippen molar-refractivity contribution < 1.29 is 29.6 Å². The summed E-state index contributed by atoms with van der Waals surface area (Å²) in [6.07, 6.45) is 1.61. The smallest absolute Gasteiger partial charge is 0.136 e. The number of rotatable bonds is 19. The zero-order valence-corrected chi connectivity index (χ0v) is 28.7. The molecule has 11 atom stereocenters. The predicted octanol–water partition coefficient (Wildman–Crippen LogP) is 5.36. The minimum atomic E-state index is -1.09. The Morgan fingerprint density at radius 2 is 1.81 bits per heavy atom. The topological polar surface area (TPSA) is 129 Å². The Morgan fingerprint density at radius 3 is 2.29 bits per heavy atom. The molecule has 0 radical (unpaired) electrons. The quantitative estimate of drug-likeness (QED) is 0.169. The molecule has 0 aromatic rings. The number of hydrogen-bond donors (Lipinski definition) is 3. The lowest BCUT2D eigenvalue weighted by Gasteiger charge is -2.48. The van der Waals surface area contributed by atoms with Crippen LogP contribution in [0.4, 0.5) is 0 Å². The summed E-state index contributed by atoms with van der Waals surface area (Å²) in [7, 11) is 3.53. The number of methoxy groups -OCH3 is 1. The molecule has 3 N–H and O–H groups in total. The maximum Gasteiger partial charge on any atom is 0.136 e. The number of ketones is 1. The third-order valence-electron chi connectivity index (χ3n) is 10.7. The Bertz CT molecular complexity index is 843. The number of aliphatic hydroxyl groups excluding tert-OH is 2. The lowest BCUT2D eigenvalue weighted by atomic mass is 9.72. The van der Waals surface area contributed by atoms with E-state index in [4.69, 9.17) is 9.47 Å². The molecule has 248 valence electrons. The van der Waals surface area contributed by atoms with Gasteiger partial charge in [-0.25, -0.2) is 0 Å². The van der Waals surface area contributed by atoms with Crippen LogP contribution in [0.2, 0.25) is 0 Å². The summed E-state index contributed by atoms with van der Waals surface area (Å²) in [5, 5.41) is 36.9. The van der Waals surface area contributed by atoms with Crippen molar-refractivity contribution in [1.82, 2.24) is 4.90 Å². The largest absolute Gasteiger partial charge is 0.390 e. The minimum Gasteiger partial charge on any atom is -0.390 e. The molecule has 9 heteroatoms. The van der Waals surface area contributed by atoms with Crippen molar-refractivity contribution in [2.75, 3.05) is 20.7 Å². The van der Waals surface area contributed by atoms with Gasteiger partial charge in [0.1, 0.15) is 17.4 Å². The van der Waals surface area contributed by atoms with Crippen LogP contribution < -0.4 is 0 Å². The van der Waals surface area contributed by atoms with Crippen LogP contribution in [-0.2, 0) is 14.3 Å². The molecule has 1 fully saturated rings. The molecule has 0 saturated carbocycles. The molecule has 0 aliphatic carbocycles. The monoisotopic (exact) mass is 600 g/mol. The van der Waals surface area contributed by atoms with Gasteiger partial charge in [-0.1, -0.05) is 46.7 Å². The Hall–Kier alpha value is -0.970. The molecule has 0 spiro atoms. The van der Waals surface area contributed by atoms with Gasteiger partial charge in [0, 0.05) is 38.5 Å². The van der Waals surface area contributed by atoms with E-state index in [9.17, 15) is 25.0 Å². The van der Waals surface area contributed by atoms with Crippen LogP contribution in [0.25, 0.3) is 0 Å². The van der Waals surface area contributed by atoms with E-state index in [1.165, 1.54) is 0 Å². The molecule has 0 aromatic heterocycles. The molecule has 1 heterocycles. The molecular weight excluding hydrogens is 536 g/mol. The third-order valence-corrected chi connectivity index (χ3v) is 10.7. The number of Topliss-reactive ketones (excluding diaryl/α,β-unsaturated/α-hetero) is 1. The third kappa shape index (κ3) is 9.51. The van der Waals surface area contributed by atoms with Crippen molar-refractivity contribution in [3.05, 3.63) is 4.91 Å². The highest BCUT2D eigenvalue weighted by Gasteiger charge is 2.48. The first-order chi connectivity index (χ1) is 19.4. The second-order valence-electron chi connectivity index (χ2n) is 14.2. The van der Waals surface area contributed by atoms with Gasteiger partial charge in [-0.3, -0.25) is 4.79 Å². The van der Waals surface area contributed by atoms with Crippen LogP contribution in [0.5, 0.6) is 0 Å². The van der Waals surface area contributed by atoms with E-state index in [0.29, 0.717) is 45.1 Å². The van der Waals surface area contributed by atoms with Crippen LogP contribution in [0.3, 0.4) is 0 Å². The predicted molar refractivity (Wildman–Crippen MR) is 168 cm³/mol. The van der Waals surface area contributed by atoms with Crippen molar-refractivity contribution in [2.45, 2.75) is 161 Å². The fourth-order valence-corrected chi connectivity index (χ4v) is 6.80. The molecule has 1 rings (SSSR count). The number of nitrogens with zero attached hydrogens (tertiary/aromatic N) is 2. The molecule has 11 unspecified atom stereocenters. The maximum absolute atomic E-state index is 13.1. The van der Waals surface area contributed by atoms with E-state index in [-0.39, 0.29) is 41.6 Å². The van der Waals surface area contributed by atoms with E-state index >= 15 is 0 Å². The molecule has 1 aliphatic heterocycles. The number of carbonyl (C=O) groups is 1. The number of aliphatic hydroxyl groups is 3. The highest BCUT2D eigenvalue weighted by atomic mass is 16.5. The Labute approximate surface area is 256 Å².